The van der Waals surface area contributed by atoms with Crippen LogP contribution in [0.1, 0.15) is 24.0 Å². The quantitative estimate of drug-likeness (QED) is 0.659. The van der Waals surface area contributed by atoms with Crippen molar-refractivity contribution in [3.63, 3.8) is 0 Å². The number of para-hydroxylation sites is 1. The van der Waals surface area contributed by atoms with Gasteiger partial charge in [-0.05, 0) is 37.0 Å². The number of aromatic nitrogens is 1. The number of nitro groups is 1. The van der Waals surface area contributed by atoms with Gasteiger partial charge in [-0.1, -0.05) is 18.2 Å². The van der Waals surface area contributed by atoms with E-state index in [2.05, 4.69) is 10.3 Å². The number of nitro benzene ring substituents is 1. The first kappa shape index (κ1) is 17.8. The third-order valence-electron chi connectivity index (χ3n) is 4.78. The van der Waals surface area contributed by atoms with Crippen LogP contribution in [0.25, 0.3) is 0 Å². The summed E-state index contributed by atoms with van der Waals surface area (Å²) >= 11 is 0. The predicted molar refractivity (Wildman–Crippen MR) is 98.9 cm³/mol. The number of rotatable bonds is 5. The number of amides is 1. The van der Waals surface area contributed by atoms with E-state index in [1.165, 1.54) is 6.07 Å². The molecule has 0 bridgehead atoms. The Labute approximate surface area is 152 Å². The van der Waals surface area contributed by atoms with E-state index in [9.17, 15) is 14.9 Å². The Balaban J connectivity index is 1.59. The van der Waals surface area contributed by atoms with E-state index in [4.69, 9.17) is 0 Å². The van der Waals surface area contributed by atoms with E-state index in [0.717, 1.165) is 11.1 Å². The molecule has 0 saturated carbocycles. The summed E-state index contributed by atoms with van der Waals surface area (Å²) in [6.07, 6.45) is 4.81. The summed E-state index contributed by atoms with van der Waals surface area (Å²) in [5, 5.41) is 14.3. The lowest BCUT2D eigenvalue weighted by Gasteiger charge is -2.33. The molecule has 1 aromatic carbocycles. The fraction of sp³-hybridized carbons (Fsp3) is 0.368. The molecule has 26 heavy (non-hydrogen) atoms. The highest BCUT2D eigenvalue weighted by Gasteiger charge is 2.29. The molecule has 7 nitrogen and oxygen atoms in total. The van der Waals surface area contributed by atoms with Gasteiger partial charge in [-0.25, -0.2) is 0 Å². The average Bonchev–Trinajstić information content (AvgIpc) is 2.67. The zero-order valence-electron chi connectivity index (χ0n) is 14.7. The summed E-state index contributed by atoms with van der Waals surface area (Å²) in [5.74, 6) is -0.0289. The number of hydrogen-bond donors (Lipinski definition) is 1. The zero-order valence-corrected chi connectivity index (χ0v) is 14.7. The molecule has 0 radical (unpaired) electrons. The van der Waals surface area contributed by atoms with Gasteiger partial charge in [0.15, 0.2) is 0 Å². The number of benzene rings is 1. The van der Waals surface area contributed by atoms with Gasteiger partial charge < -0.3 is 10.2 Å². The van der Waals surface area contributed by atoms with Crippen LogP contribution < -0.4 is 10.2 Å². The smallest absolute Gasteiger partial charge is 0.292 e. The second-order valence-corrected chi connectivity index (χ2v) is 6.54. The lowest BCUT2D eigenvalue weighted by molar-refractivity contribution is -0.384. The predicted octanol–water partition coefficient (Wildman–Crippen LogP) is 2.83. The molecule has 0 unspecified atom stereocenters. The van der Waals surface area contributed by atoms with Crippen LogP contribution in [0, 0.1) is 23.0 Å². The molecule has 1 saturated heterocycles. The largest absolute Gasteiger partial charge is 0.366 e. The Morgan fingerprint density at radius 2 is 2.08 bits per heavy atom. The summed E-state index contributed by atoms with van der Waals surface area (Å²) in [4.78, 5) is 29.4. The Morgan fingerprint density at radius 3 is 2.73 bits per heavy atom. The van der Waals surface area contributed by atoms with Crippen LogP contribution in [0.2, 0.25) is 0 Å². The number of nitrogens with zero attached hydrogens (tertiary/aromatic N) is 3. The topological polar surface area (TPSA) is 88.4 Å². The molecule has 1 aliphatic heterocycles. The molecule has 136 valence electrons. The van der Waals surface area contributed by atoms with Gasteiger partial charge >= 0.3 is 0 Å². The summed E-state index contributed by atoms with van der Waals surface area (Å²) < 4.78 is 0. The van der Waals surface area contributed by atoms with E-state index >= 15 is 0 Å². The minimum absolute atomic E-state index is 0.0350. The maximum absolute atomic E-state index is 12.4. The maximum atomic E-state index is 12.4. The second-order valence-electron chi connectivity index (χ2n) is 6.54. The lowest BCUT2D eigenvalue weighted by Crippen LogP contribution is -2.40. The Morgan fingerprint density at radius 1 is 1.31 bits per heavy atom. The van der Waals surface area contributed by atoms with Gasteiger partial charge in [-0.2, -0.15) is 0 Å². The molecule has 0 spiro atoms. The first-order valence-corrected chi connectivity index (χ1v) is 8.72. The SMILES string of the molecule is Cc1cccc([N+](=O)[O-])c1N1CCC(C(=O)NCc2cccnc2)CC1. The van der Waals surface area contributed by atoms with Crippen LogP contribution in [0.4, 0.5) is 11.4 Å². The van der Waals surface area contributed by atoms with E-state index in [1.807, 2.05) is 30.0 Å². The van der Waals surface area contributed by atoms with Gasteiger partial charge in [0.05, 0.1) is 4.92 Å². The highest BCUT2D eigenvalue weighted by molar-refractivity contribution is 5.79. The van der Waals surface area contributed by atoms with Crippen molar-refractivity contribution in [3.05, 3.63) is 64.0 Å². The number of anilines is 1. The maximum Gasteiger partial charge on any atom is 0.292 e. The molecule has 7 heteroatoms. The van der Waals surface area contributed by atoms with E-state index < -0.39 is 0 Å². The van der Waals surface area contributed by atoms with E-state index in [1.54, 1.807) is 18.5 Å². The number of carbonyl (C=O) groups excluding carboxylic acids is 1. The first-order chi connectivity index (χ1) is 12.6. The lowest BCUT2D eigenvalue weighted by atomic mass is 9.94. The normalized spacial score (nSPS) is 14.9. The molecular weight excluding hydrogens is 332 g/mol. The minimum atomic E-state index is -0.338. The van der Waals surface area contributed by atoms with E-state index in [-0.39, 0.29) is 22.4 Å². The minimum Gasteiger partial charge on any atom is -0.366 e. The van der Waals surface area contributed by atoms with Crippen molar-refractivity contribution in [2.24, 2.45) is 5.92 Å². The van der Waals surface area contributed by atoms with Crippen LogP contribution in [-0.2, 0) is 11.3 Å². The second kappa shape index (κ2) is 7.95. The number of piperidine rings is 1. The third kappa shape index (κ3) is 3.99. The molecule has 0 atom stereocenters. The number of carbonyl (C=O) groups is 1. The number of aryl methyl sites for hydroxylation is 1. The Bertz CT molecular complexity index is 787. The molecule has 3 rings (SSSR count). The summed E-state index contributed by atoms with van der Waals surface area (Å²) in [6, 6.07) is 8.89. The molecule has 1 amide bonds. The molecule has 2 heterocycles. The highest BCUT2D eigenvalue weighted by atomic mass is 16.6. The Hall–Kier alpha value is -2.96. The fourth-order valence-corrected chi connectivity index (χ4v) is 3.40. The number of pyridine rings is 1. The third-order valence-corrected chi connectivity index (χ3v) is 4.78. The molecule has 1 aliphatic rings. The number of hydrogen-bond acceptors (Lipinski definition) is 5. The first-order valence-electron chi connectivity index (χ1n) is 8.72. The summed E-state index contributed by atoms with van der Waals surface area (Å²) in [5.41, 5.74) is 2.66. The van der Waals surface area contributed by atoms with Crippen LogP contribution in [0.15, 0.2) is 42.7 Å². The van der Waals surface area contributed by atoms with Gasteiger partial charge in [-0.3, -0.25) is 19.9 Å². The standard InChI is InChI=1S/C19H22N4O3/c1-14-4-2-6-17(23(25)26)18(14)22-10-7-16(8-11-22)19(24)21-13-15-5-3-9-20-12-15/h2-6,9,12,16H,7-8,10-11,13H2,1H3,(H,21,24). The van der Waals surface area contributed by atoms with Crippen molar-refractivity contribution in [1.82, 2.24) is 10.3 Å². The van der Waals surface area contributed by atoms with Crippen molar-refractivity contribution in [1.29, 1.82) is 0 Å². The van der Waals surface area contributed by atoms with Crippen LogP contribution in [-0.4, -0.2) is 28.9 Å². The number of nitrogens with one attached hydrogen (secondary N) is 1. The van der Waals surface area contributed by atoms with Gasteiger partial charge in [-0.15, -0.1) is 0 Å². The van der Waals surface area contributed by atoms with Crippen molar-refractivity contribution in [3.8, 4) is 0 Å². The van der Waals surface area contributed by atoms with Crippen LogP contribution in [0.5, 0.6) is 0 Å². The molecule has 1 N–H and O–H groups in total. The zero-order chi connectivity index (χ0) is 18.5. The van der Waals surface area contributed by atoms with Crippen molar-refractivity contribution in [2.45, 2.75) is 26.3 Å². The van der Waals surface area contributed by atoms with Gasteiger partial charge in [0.1, 0.15) is 5.69 Å². The Kier molecular flexibility index (Phi) is 5.46. The molecule has 1 fully saturated rings. The average molecular weight is 354 g/mol. The van der Waals surface area contributed by atoms with Crippen LogP contribution in [0.3, 0.4) is 0 Å². The molecule has 0 aliphatic carbocycles. The van der Waals surface area contributed by atoms with Crippen molar-refractivity contribution in [2.75, 3.05) is 18.0 Å². The summed E-state index contributed by atoms with van der Waals surface area (Å²) in [6.45, 7) is 3.62. The highest BCUT2D eigenvalue weighted by Crippen LogP contribution is 2.34. The van der Waals surface area contributed by atoms with Crippen molar-refractivity contribution >= 4 is 17.3 Å². The molecular formula is C19H22N4O3. The van der Waals surface area contributed by atoms with Gasteiger partial charge in [0, 0.05) is 44.0 Å². The van der Waals surface area contributed by atoms with E-state index in [0.29, 0.717) is 38.2 Å². The molecule has 1 aromatic heterocycles. The van der Waals surface area contributed by atoms with Crippen molar-refractivity contribution < 1.29 is 9.72 Å². The molecule has 2 aromatic rings. The fourth-order valence-electron chi connectivity index (χ4n) is 3.40. The van der Waals surface area contributed by atoms with Crippen LogP contribution >= 0.6 is 0 Å². The van der Waals surface area contributed by atoms with Gasteiger partial charge in [0.2, 0.25) is 5.91 Å². The monoisotopic (exact) mass is 354 g/mol. The van der Waals surface area contributed by atoms with Gasteiger partial charge in [0.25, 0.3) is 5.69 Å². The summed E-state index contributed by atoms with van der Waals surface area (Å²) in [7, 11) is 0.